The second kappa shape index (κ2) is 6.29. The van der Waals surface area contributed by atoms with E-state index in [4.69, 9.17) is 4.84 Å². The van der Waals surface area contributed by atoms with Crippen LogP contribution in [0.4, 0.5) is 5.69 Å². The van der Waals surface area contributed by atoms with E-state index in [2.05, 4.69) is 15.5 Å². The number of likely N-dealkylation sites (tertiary alicyclic amines) is 1. The lowest BCUT2D eigenvalue weighted by Gasteiger charge is -2.21. The number of amides is 2. The van der Waals surface area contributed by atoms with Gasteiger partial charge in [-0.1, -0.05) is 11.2 Å². The van der Waals surface area contributed by atoms with Gasteiger partial charge in [0, 0.05) is 25.6 Å². The molecule has 128 valence electrons. The van der Waals surface area contributed by atoms with Crippen LogP contribution in [0.25, 0.3) is 0 Å². The fourth-order valence-corrected chi connectivity index (χ4v) is 3.77. The molecule has 0 radical (unpaired) electrons. The van der Waals surface area contributed by atoms with Crippen molar-refractivity contribution < 1.29 is 14.4 Å². The molecule has 1 atom stereocenters. The van der Waals surface area contributed by atoms with Gasteiger partial charge < -0.3 is 15.1 Å². The number of carbonyl (C=O) groups is 2. The van der Waals surface area contributed by atoms with E-state index in [1.54, 1.807) is 29.4 Å². The molecule has 0 aromatic carbocycles. The second-order valence-electron chi connectivity index (χ2n) is 6.14. The van der Waals surface area contributed by atoms with Crippen LogP contribution in [0.15, 0.2) is 47.2 Å². The first-order valence-electron chi connectivity index (χ1n) is 7.94. The Labute approximate surface area is 148 Å². The van der Waals surface area contributed by atoms with Crippen molar-refractivity contribution in [3.63, 3.8) is 0 Å². The molecule has 4 heterocycles. The Morgan fingerprint density at radius 3 is 3.00 bits per heavy atom. The van der Waals surface area contributed by atoms with Crippen LogP contribution in [0, 0.1) is 0 Å². The molecule has 2 aromatic rings. The van der Waals surface area contributed by atoms with Gasteiger partial charge >= 0.3 is 0 Å². The van der Waals surface area contributed by atoms with Crippen molar-refractivity contribution in [3.8, 4) is 0 Å². The van der Waals surface area contributed by atoms with Gasteiger partial charge in [0.25, 0.3) is 11.8 Å². The van der Waals surface area contributed by atoms with Crippen LogP contribution in [-0.2, 0) is 9.63 Å². The molecule has 0 unspecified atom stereocenters. The van der Waals surface area contributed by atoms with Crippen molar-refractivity contribution in [1.29, 1.82) is 0 Å². The van der Waals surface area contributed by atoms with Crippen molar-refractivity contribution in [3.05, 3.63) is 46.9 Å². The van der Waals surface area contributed by atoms with E-state index >= 15 is 0 Å². The van der Waals surface area contributed by atoms with Crippen molar-refractivity contribution in [2.45, 2.75) is 18.4 Å². The average molecular weight is 356 g/mol. The van der Waals surface area contributed by atoms with E-state index in [0.717, 1.165) is 0 Å². The Hall–Kier alpha value is -2.74. The van der Waals surface area contributed by atoms with Crippen molar-refractivity contribution >= 4 is 34.6 Å². The predicted molar refractivity (Wildman–Crippen MR) is 93.6 cm³/mol. The number of nitrogens with one attached hydrogen (secondary N) is 1. The second-order valence-corrected chi connectivity index (χ2v) is 7.09. The smallest absolute Gasteiger partial charge is 0.273 e. The maximum atomic E-state index is 12.5. The van der Waals surface area contributed by atoms with Crippen LogP contribution in [0.5, 0.6) is 0 Å². The molecule has 1 N–H and O–H groups in total. The van der Waals surface area contributed by atoms with Gasteiger partial charge in [-0.25, -0.2) is 0 Å². The van der Waals surface area contributed by atoms with Crippen molar-refractivity contribution in [1.82, 2.24) is 9.88 Å². The summed E-state index contributed by atoms with van der Waals surface area (Å²) in [4.78, 5) is 36.8. The van der Waals surface area contributed by atoms with E-state index in [9.17, 15) is 9.59 Å². The maximum Gasteiger partial charge on any atom is 0.273 e. The zero-order valence-corrected chi connectivity index (χ0v) is 14.2. The third kappa shape index (κ3) is 3.12. The molecule has 1 saturated heterocycles. The normalized spacial score (nSPS) is 21.9. The van der Waals surface area contributed by atoms with E-state index < -0.39 is 5.60 Å². The minimum Gasteiger partial charge on any atom is -0.386 e. The summed E-state index contributed by atoms with van der Waals surface area (Å²) >= 11 is 1.42. The van der Waals surface area contributed by atoms with Crippen LogP contribution in [0.3, 0.4) is 0 Å². The number of anilines is 1. The highest BCUT2D eigenvalue weighted by atomic mass is 32.1. The first-order chi connectivity index (χ1) is 12.2. The van der Waals surface area contributed by atoms with Gasteiger partial charge in [0.2, 0.25) is 0 Å². The quantitative estimate of drug-likeness (QED) is 0.913. The van der Waals surface area contributed by atoms with Gasteiger partial charge in [-0.15, -0.1) is 11.3 Å². The minimum atomic E-state index is -0.589. The van der Waals surface area contributed by atoms with E-state index in [0.29, 0.717) is 42.2 Å². The SMILES string of the molecule is O=C(Nc1cccnc1)C1=NO[C@@]2(CCN(C(=O)c3cccs3)C2)C1. The minimum absolute atomic E-state index is 0.00346. The van der Waals surface area contributed by atoms with Crippen LogP contribution in [0.1, 0.15) is 22.5 Å². The summed E-state index contributed by atoms with van der Waals surface area (Å²) in [6.45, 7) is 1.04. The number of oxime groups is 1. The number of rotatable bonds is 3. The summed E-state index contributed by atoms with van der Waals surface area (Å²) in [5.74, 6) is -0.295. The summed E-state index contributed by atoms with van der Waals surface area (Å²) in [6.07, 6.45) is 4.27. The van der Waals surface area contributed by atoms with Gasteiger partial charge in [-0.05, 0) is 23.6 Å². The Balaban J connectivity index is 1.38. The molecule has 8 heteroatoms. The molecule has 1 spiro atoms. The molecular formula is C17H16N4O3S. The number of carbonyl (C=O) groups excluding carboxylic acids is 2. The van der Waals surface area contributed by atoms with E-state index in [1.165, 1.54) is 11.3 Å². The van der Waals surface area contributed by atoms with Gasteiger partial charge in [0.1, 0.15) is 5.71 Å². The average Bonchev–Trinajstić information content (AvgIpc) is 3.37. The fraction of sp³-hybridized carbons (Fsp3) is 0.294. The molecule has 0 aliphatic carbocycles. The first-order valence-corrected chi connectivity index (χ1v) is 8.82. The summed E-state index contributed by atoms with van der Waals surface area (Å²) in [7, 11) is 0. The number of hydrogen-bond acceptors (Lipinski definition) is 6. The molecule has 2 aliphatic rings. The largest absolute Gasteiger partial charge is 0.386 e. The van der Waals surface area contributed by atoms with E-state index in [-0.39, 0.29) is 11.8 Å². The monoisotopic (exact) mass is 356 g/mol. The Morgan fingerprint density at radius 1 is 1.32 bits per heavy atom. The van der Waals surface area contributed by atoms with Gasteiger partial charge in [0.15, 0.2) is 5.60 Å². The Morgan fingerprint density at radius 2 is 2.24 bits per heavy atom. The van der Waals surface area contributed by atoms with Crippen LogP contribution < -0.4 is 5.32 Å². The van der Waals surface area contributed by atoms with E-state index in [1.807, 2.05) is 17.5 Å². The predicted octanol–water partition coefficient (Wildman–Crippen LogP) is 2.14. The summed E-state index contributed by atoms with van der Waals surface area (Å²) in [5, 5.41) is 8.61. The Kier molecular flexibility index (Phi) is 3.96. The van der Waals surface area contributed by atoms with Crippen molar-refractivity contribution in [2.24, 2.45) is 5.16 Å². The van der Waals surface area contributed by atoms with Crippen molar-refractivity contribution in [2.75, 3.05) is 18.4 Å². The molecule has 1 fully saturated rings. The topological polar surface area (TPSA) is 83.9 Å². The third-order valence-corrected chi connectivity index (χ3v) is 5.21. The molecular weight excluding hydrogens is 340 g/mol. The van der Waals surface area contributed by atoms with Crippen LogP contribution in [-0.4, -0.2) is 46.1 Å². The highest BCUT2D eigenvalue weighted by Gasteiger charge is 2.48. The van der Waals surface area contributed by atoms with Gasteiger partial charge in [0.05, 0.1) is 23.3 Å². The summed E-state index contributed by atoms with van der Waals surface area (Å²) in [6, 6.07) is 7.18. The molecule has 2 aromatic heterocycles. The number of thiophene rings is 1. The molecule has 4 rings (SSSR count). The highest BCUT2D eigenvalue weighted by Crippen LogP contribution is 2.35. The lowest BCUT2D eigenvalue weighted by atomic mass is 9.96. The van der Waals surface area contributed by atoms with Crippen LogP contribution in [0.2, 0.25) is 0 Å². The number of nitrogens with zero attached hydrogens (tertiary/aromatic N) is 3. The molecule has 25 heavy (non-hydrogen) atoms. The Bertz CT molecular complexity index is 822. The third-order valence-electron chi connectivity index (χ3n) is 4.36. The summed E-state index contributed by atoms with van der Waals surface area (Å²) < 4.78 is 0. The fourth-order valence-electron chi connectivity index (χ4n) is 3.08. The van der Waals surface area contributed by atoms with Gasteiger partial charge in [-0.2, -0.15) is 0 Å². The first kappa shape index (κ1) is 15.8. The lowest BCUT2D eigenvalue weighted by Crippen LogP contribution is -2.37. The molecule has 2 amide bonds. The summed E-state index contributed by atoms with van der Waals surface area (Å²) in [5.41, 5.74) is 0.362. The number of hydrogen-bond donors (Lipinski definition) is 1. The standard InChI is InChI=1S/C17H16N4O3S/c22-15(19-12-3-1-6-18-10-12)13-9-17(24-20-13)5-7-21(11-17)16(23)14-4-2-8-25-14/h1-4,6,8,10H,5,7,9,11H2,(H,19,22)/t17-/m0/s1. The molecule has 0 saturated carbocycles. The zero-order valence-electron chi connectivity index (χ0n) is 13.3. The van der Waals surface area contributed by atoms with Gasteiger partial charge in [-0.3, -0.25) is 14.6 Å². The number of aromatic nitrogens is 1. The zero-order chi connectivity index (χ0) is 17.3. The van der Waals surface area contributed by atoms with Crippen LogP contribution >= 0.6 is 11.3 Å². The molecule has 0 bridgehead atoms. The number of pyridine rings is 1. The maximum absolute atomic E-state index is 12.5. The molecule has 2 aliphatic heterocycles. The highest BCUT2D eigenvalue weighted by molar-refractivity contribution is 7.12. The molecule has 7 nitrogen and oxygen atoms in total. The lowest BCUT2D eigenvalue weighted by molar-refractivity contribution is -0.110.